The fraction of sp³-hybridized carbons (Fsp3) is 0.235. The average molecular weight is 342 g/mol. The Balaban J connectivity index is 1.62. The van der Waals surface area contributed by atoms with Gasteiger partial charge in [0.15, 0.2) is 0 Å². The lowest BCUT2D eigenvalue weighted by Crippen LogP contribution is -2.34. The molecule has 0 spiro atoms. The quantitative estimate of drug-likeness (QED) is 0.713. The monoisotopic (exact) mass is 342 g/mol. The van der Waals surface area contributed by atoms with Crippen molar-refractivity contribution in [1.29, 1.82) is 0 Å². The first kappa shape index (κ1) is 16.7. The number of aromatic nitrogens is 2. The topological polar surface area (TPSA) is 102 Å². The maximum absolute atomic E-state index is 12.2. The van der Waals surface area contributed by atoms with Crippen molar-refractivity contribution in [3.8, 4) is 11.5 Å². The van der Waals surface area contributed by atoms with Crippen LogP contribution in [0.5, 0.6) is 0 Å². The minimum Gasteiger partial charge on any atom is -0.467 e. The van der Waals surface area contributed by atoms with E-state index in [1.165, 1.54) is 0 Å². The highest BCUT2D eigenvalue weighted by atomic mass is 16.5. The molecule has 2 amide bonds. The van der Waals surface area contributed by atoms with Crippen molar-refractivity contribution >= 4 is 11.7 Å². The summed E-state index contributed by atoms with van der Waals surface area (Å²) in [6, 6.07) is 9.91. The second-order valence-corrected chi connectivity index (χ2v) is 5.33. The van der Waals surface area contributed by atoms with Crippen LogP contribution in [-0.4, -0.2) is 29.9 Å². The normalized spacial score (nSPS) is 11.9. The first-order valence-electron chi connectivity index (χ1n) is 7.66. The van der Waals surface area contributed by atoms with E-state index in [4.69, 9.17) is 13.6 Å². The summed E-state index contributed by atoms with van der Waals surface area (Å²) >= 11 is 0. The number of urea groups is 1. The molecule has 1 aromatic carbocycles. The molecule has 25 heavy (non-hydrogen) atoms. The summed E-state index contributed by atoms with van der Waals surface area (Å²) in [7, 11) is 1.56. The van der Waals surface area contributed by atoms with E-state index in [2.05, 4.69) is 20.8 Å². The fourth-order valence-corrected chi connectivity index (χ4v) is 2.29. The van der Waals surface area contributed by atoms with Crippen molar-refractivity contribution in [2.45, 2.75) is 13.0 Å². The van der Waals surface area contributed by atoms with E-state index in [9.17, 15) is 4.79 Å². The van der Waals surface area contributed by atoms with E-state index in [0.717, 1.165) is 5.56 Å². The number of aryl methyl sites for hydroxylation is 1. The van der Waals surface area contributed by atoms with E-state index >= 15 is 0 Å². The number of hydrogen-bond donors (Lipinski definition) is 2. The molecule has 0 unspecified atom stereocenters. The average Bonchev–Trinajstić information content (AvgIpc) is 3.27. The van der Waals surface area contributed by atoms with Gasteiger partial charge < -0.3 is 24.2 Å². The third-order valence-electron chi connectivity index (χ3n) is 3.44. The minimum absolute atomic E-state index is 0.302. The number of hydrogen-bond acceptors (Lipinski definition) is 6. The molecule has 0 aliphatic heterocycles. The standard InChI is InChI=1S/C17H18N4O4/c1-11-20-21-16(25-11)12-5-7-13(8-6-12)18-17(22)19-14(10-23-2)15-4-3-9-24-15/h3-9,14H,10H2,1-2H3,(H2,18,19,22)/t14-/m0/s1. The number of nitrogens with zero attached hydrogens (tertiary/aromatic N) is 2. The molecule has 0 aliphatic carbocycles. The summed E-state index contributed by atoms with van der Waals surface area (Å²) < 4.78 is 15.8. The molecule has 130 valence electrons. The Morgan fingerprint density at radius 3 is 2.64 bits per heavy atom. The van der Waals surface area contributed by atoms with E-state index in [1.54, 1.807) is 56.7 Å². The summed E-state index contributed by atoms with van der Waals surface area (Å²) in [5.74, 6) is 1.56. The lowest BCUT2D eigenvalue weighted by molar-refractivity contribution is 0.159. The Bertz CT molecular complexity index is 812. The number of nitrogens with one attached hydrogen (secondary N) is 2. The summed E-state index contributed by atoms with van der Waals surface area (Å²) in [6.45, 7) is 2.03. The lowest BCUT2D eigenvalue weighted by Gasteiger charge is -2.16. The van der Waals surface area contributed by atoms with Crippen LogP contribution in [0.15, 0.2) is 51.5 Å². The maximum atomic E-state index is 12.2. The first-order valence-corrected chi connectivity index (χ1v) is 7.66. The third-order valence-corrected chi connectivity index (χ3v) is 3.44. The second kappa shape index (κ2) is 7.63. The molecule has 2 N–H and O–H groups in total. The number of benzene rings is 1. The molecule has 0 radical (unpaired) electrons. The molecule has 8 nitrogen and oxygen atoms in total. The first-order chi connectivity index (χ1) is 12.2. The van der Waals surface area contributed by atoms with Crippen molar-refractivity contribution < 1.29 is 18.4 Å². The maximum Gasteiger partial charge on any atom is 0.319 e. The number of methoxy groups -OCH3 is 1. The molecule has 0 fully saturated rings. The Hall–Kier alpha value is -3.13. The summed E-state index contributed by atoms with van der Waals surface area (Å²) in [6.07, 6.45) is 1.55. The van der Waals surface area contributed by atoms with E-state index < -0.39 is 0 Å². The van der Waals surface area contributed by atoms with Crippen LogP contribution in [-0.2, 0) is 4.74 Å². The third kappa shape index (κ3) is 4.24. The van der Waals surface area contributed by atoms with Crippen LogP contribution in [0.2, 0.25) is 0 Å². The van der Waals surface area contributed by atoms with Crippen LogP contribution in [0, 0.1) is 6.92 Å². The van der Waals surface area contributed by atoms with Gasteiger partial charge in [-0.1, -0.05) is 0 Å². The molecular weight excluding hydrogens is 324 g/mol. The van der Waals surface area contributed by atoms with Gasteiger partial charge in [0.25, 0.3) is 0 Å². The Labute approximate surface area is 144 Å². The predicted molar refractivity (Wildman–Crippen MR) is 90.0 cm³/mol. The van der Waals surface area contributed by atoms with Gasteiger partial charge in [0.1, 0.15) is 11.8 Å². The number of anilines is 1. The zero-order chi connectivity index (χ0) is 17.6. The van der Waals surface area contributed by atoms with Crippen LogP contribution < -0.4 is 10.6 Å². The molecule has 0 aliphatic rings. The van der Waals surface area contributed by atoms with Gasteiger partial charge in [0.05, 0.1) is 12.9 Å². The summed E-state index contributed by atoms with van der Waals surface area (Å²) in [5, 5.41) is 13.3. The SMILES string of the molecule is COC[C@H](NC(=O)Nc1ccc(-c2nnc(C)o2)cc1)c1ccco1. The van der Waals surface area contributed by atoms with Gasteiger partial charge in [0.2, 0.25) is 11.8 Å². The van der Waals surface area contributed by atoms with E-state index in [0.29, 0.717) is 29.8 Å². The highest BCUT2D eigenvalue weighted by molar-refractivity contribution is 5.89. The second-order valence-electron chi connectivity index (χ2n) is 5.33. The predicted octanol–water partition coefficient (Wildman–Crippen LogP) is 3.15. The lowest BCUT2D eigenvalue weighted by atomic mass is 10.2. The molecule has 2 heterocycles. The largest absolute Gasteiger partial charge is 0.467 e. The van der Waals surface area contributed by atoms with Crippen molar-refractivity contribution in [1.82, 2.24) is 15.5 Å². The summed E-state index contributed by atoms with van der Waals surface area (Å²) in [5.41, 5.74) is 1.41. The van der Waals surface area contributed by atoms with Crippen LogP contribution >= 0.6 is 0 Å². The van der Waals surface area contributed by atoms with Crippen molar-refractivity contribution in [3.63, 3.8) is 0 Å². The van der Waals surface area contributed by atoms with Gasteiger partial charge in [0, 0.05) is 25.3 Å². The van der Waals surface area contributed by atoms with Gasteiger partial charge >= 0.3 is 6.03 Å². The fourth-order valence-electron chi connectivity index (χ4n) is 2.29. The van der Waals surface area contributed by atoms with E-state index in [1.807, 2.05) is 0 Å². The van der Waals surface area contributed by atoms with Gasteiger partial charge in [-0.2, -0.15) is 0 Å². The molecule has 0 saturated heterocycles. The Morgan fingerprint density at radius 1 is 1.24 bits per heavy atom. The molecule has 8 heteroatoms. The Kier molecular flexibility index (Phi) is 5.10. The van der Waals surface area contributed by atoms with Gasteiger partial charge in [-0.05, 0) is 36.4 Å². The number of carbonyl (C=O) groups excluding carboxylic acids is 1. The molecule has 3 aromatic rings. The highest BCUT2D eigenvalue weighted by Gasteiger charge is 2.17. The number of amides is 2. The highest BCUT2D eigenvalue weighted by Crippen LogP contribution is 2.20. The number of rotatable bonds is 6. The smallest absolute Gasteiger partial charge is 0.319 e. The number of ether oxygens (including phenoxy) is 1. The molecular formula is C17H18N4O4. The minimum atomic E-state index is -0.374. The van der Waals surface area contributed by atoms with Crippen LogP contribution in [0.4, 0.5) is 10.5 Å². The zero-order valence-corrected chi connectivity index (χ0v) is 13.9. The molecule has 3 rings (SSSR count). The van der Waals surface area contributed by atoms with Crippen molar-refractivity contribution in [3.05, 3.63) is 54.3 Å². The van der Waals surface area contributed by atoms with E-state index in [-0.39, 0.29) is 12.1 Å². The Morgan fingerprint density at radius 2 is 2.04 bits per heavy atom. The van der Waals surface area contributed by atoms with Crippen molar-refractivity contribution in [2.24, 2.45) is 0 Å². The zero-order valence-electron chi connectivity index (χ0n) is 13.9. The molecule has 2 aromatic heterocycles. The van der Waals surface area contributed by atoms with Gasteiger partial charge in [-0.3, -0.25) is 0 Å². The van der Waals surface area contributed by atoms with Crippen LogP contribution in [0.25, 0.3) is 11.5 Å². The number of furan rings is 1. The van der Waals surface area contributed by atoms with Crippen LogP contribution in [0.3, 0.4) is 0 Å². The number of carbonyl (C=O) groups is 1. The van der Waals surface area contributed by atoms with Crippen molar-refractivity contribution in [2.75, 3.05) is 19.0 Å². The van der Waals surface area contributed by atoms with Crippen LogP contribution in [0.1, 0.15) is 17.7 Å². The van der Waals surface area contributed by atoms with Gasteiger partial charge in [-0.25, -0.2) is 4.79 Å². The van der Waals surface area contributed by atoms with Gasteiger partial charge in [-0.15, -0.1) is 10.2 Å². The summed E-state index contributed by atoms with van der Waals surface area (Å²) in [4.78, 5) is 12.2. The molecule has 0 saturated carbocycles. The molecule has 0 bridgehead atoms. The molecule has 1 atom stereocenters.